The molecule has 5 nitrogen and oxygen atoms in total. The molecule has 0 aliphatic carbocycles. The molecule has 21 heavy (non-hydrogen) atoms. The van der Waals surface area contributed by atoms with Gasteiger partial charge in [0.25, 0.3) is 5.91 Å². The van der Waals surface area contributed by atoms with E-state index in [9.17, 15) is 4.79 Å². The van der Waals surface area contributed by atoms with E-state index in [4.69, 9.17) is 0 Å². The third-order valence-electron chi connectivity index (χ3n) is 3.20. The summed E-state index contributed by atoms with van der Waals surface area (Å²) in [6, 6.07) is 7.64. The van der Waals surface area contributed by atoms with Crippen molar-refractivity contribution in [2.75, 3.05) is 5.32 Å². The van der Waals surface area contributed by atoms with Gasteiger partial charge >= 0.3 is 0 Å². The molecule has 0 aromatic carbocycles. The number of hydrogen-bond acceptors (Lipinski definition) is 4. The van der Waals surface area contributed by atoms with Crippen LogP contribution < -0.4 is 10.6 Å². The summed E-state index contributed by atoms with van der Waals surface area (Å²) in [4.78, 5) is 20.2. The van der Waals surface area contributed by atoms with E-state index >= 15 is 0 Å². The monoisotopic (exact) mass is 284 g/mol. The molecular formula is C16H20N4O. The van der Waals surface area contributed by atoms with Crippen LogP contribution in [-0.2, 0) is 6.54 Å². The van der Waals surface area contributed by atoms with E-state index in [0.29, 0.717) is 12.2 Å². The Morgan fingerprint density at radius 2 is 2.19 bits per heavy atom. The van der Waals surface area contributed by atoms with E-state index in [2.05, 4.69) is 20.6 Å². The van der Waals surface area contributed by atoms with Gasteiger partial charge in [0.15, 0.2) is 0 Å². The number of nitrogens with one attached hydrogen (secondary N) is 2. The largest absolute Gasteiger partial charge is 0.381 e. The van der Waals surface area contributed by atoms with Crippen LogP contribution in [0.5, 0.6) is 0 Å². The summed E-state index contributed by atoms with van der Waals surface area (Å²) in [6.07, 6.45) is 6.08. The number of nitrogens with zero attached hydrogens (tertiary/aromatic N) is 2. The standard InChI is InChI=1S/C16H20N4O/c1-3-12(2)20-16(21)15-9-14(6-8-18-15)19-11-13-5-4-7-17-10-13/h4-10,12H,3,11H2,1-2H3,(H,18,19)(H,20,21). The Morgan fingerprint density at radius 1 is 1.33 bits per heavy atom. The average Bonchev–Trinajstić information content (AvgIpc) is 2.54. The molecule has 2 N–H and O–H groups in total. The van der Waals surface area contributed by atoms with Crippen LogP contribution in [0.15, 0.2) is 42.9 Å². The SMILES string of the molecule is CCC(C)NC(=O)c1cc(NCc2cccnc2)ccn1. The average molecular weight is 284 g/mol. The van der Waals surface area contributed by atoms with E-state index < -0.39 is 0 Å². The predicted octanol–water partition coefficient (Wildman–Crippen LogP) is 2.62. The maximum absolute atomic E-state index is 12.0. The molecular weight excluding hydrogens is 264 g/mol. The Morgan fingerprint density at radius 3 is 2.90 bits per heavy atom. The van der Waals surface area contributed by atoms with Gasteiger partial charge in [0.2, 0.25) is 0 Å². The molecule has 0 aliphatic rings. The Kier molecular flexibility index (Phi) is 5.26. The predicted molar refractivity (Wildman–Crippen MR) is 83.0 cm³/mol. The van der Waals surface area contributed by atoms with Crippen LogP contribution >= 0.6 is 0 Å². The van der Waals surface area contributed by atoms with E-state index in [-0.39, 0.29) is 11.9 Å². The van der Waals surface area contributed by atoms with Crippen molar-refractivity contribution >= 4 is 11.6 Å². The van der Waals surface area contributed by atoms with Crippen molar-refractivity contribution in [2.24, 2.45) is 0 Å². The van der Waals surface area contributed by atoms with Gasteiger partial charge in [0.1, 0.15) is 5.69 Å². The Balaban J connectivity index is 1.99. The molecule has 110 valence electrons. The summed E-state index contributed by atoms with van der Waals surface area (Å²) < 4.78 is 0. The van der Waals surface area contributed by atoms with Crippen molar-refractivity contribution in [3.63, 3.8) is 0 Å². The first-order valence-corrected chi connectivity index (χ1v) is 7.08. The van der Waals surface area contributed by atoms with Gasteiger partial charge in [-0.1, -0.05) is 13.0 Å². The summed E-state index contributed by atoms with van der Waals surface area (Å²) in [5.41, 5.74) is 2.37. The molecule has 0 saturated heterocycles. The van der Waals surface area contributed by atoms with Gasteiger partial charge in [0.05, 0.1) is 0 Å². The Bertz CT molecular complexity index is 586. The van der Waals surface area contributed by atoms with Crippen LogP contribution in [0.4, 0.5) is 5.69 Å². The fourth-order valence-electron chi connectivity index (χ4n) is 1.77. The molecule has 0 bridgehead atoms. The van der Waals surface area contributed by atoms with E-state index in [1.54, 1.807) is 18.5 Å². The molecule has 0 aliphatic heterocycles. The maximum Gasteiger partial charge on any atom is 0.270 e. The summed E-state index contributed by atoms with van der Waals surface area (Å²) >= 11 is 0. The fourth-order valence-corrected chi connectivity index (χ4v) is 1.77. The zero-order valence-electron chi connectivity index (χ0n) is 12.3. The molecule has 1 unspecified atom stereocenters. The van der Waals surface area contributed by atoms with Crippen LogP contribution in [0.25, 0.3) is 0 Å². The van der Waals surface area contributed by atoms with E-state index in [0.717, 1.165) is 17.7 Å². The second-order valence-electron chi connectivity index (χ2n) is 4.93. The summed E-state index contributed by atoms with van der Waals surface area (Å²) in [5.74, 6) is -0.144. The number of carbonyl (C=O) groups excluding carboxylic acids is 1. The van der Waals surface area contributed by atoms with Crippen LogP contribution in [-0.4, -0.2) is 21.9 Å². The van der Waals surface area contributed by atoms with Crippen LogP contribution in [0, 0.1) is 0 Å². The molecule has 1 atom stereocenters. The molecule has 0 saturated carbocycles. The third kappa shape index (κ3) is 4.56. The summed E-state index contributed by atoms with van der Waals surface area (Å²) in [5, 5.41) is 6.17. The van der Waals surface area contributed by atoms with Gasteiger partial charge in [-0.25, -0.2) is 0 Å². The van der Waals surface area contributed by atoms with Crippen molar-refractivity contribution in [3.05, 3.63) is 54.1 Å². The van der Waals surface area contributed by atoms with Crippen LogP contribution in [0.3, 0.4) is 0 Å². The minimum absolute atomic E-state index is 0.144. The zero-order chi connectivity index (χ0) is 15.1. The minimum Gasteiger partial charge on any atom is -0.381 e. The lowest BCUT2D eigenvalue weighted by Crippen LogP contribution is -2.32. The third-order valence-corrected chi connectivity index (χ3v) is 3.20. The highest BCUT2D eigenvalue weighted by Crippen LogP contribution is 2.10. The lowest BCUT2D eigenvalue weighted by atomic mass is 10.2. The number of pyridine rings is 2. The molecule has 0 fully saturated rings. The van der Waals surface area contributed by atoms with Crippen molar-refractivity contribution in [2.45, 2.75) is 32.9 Å². The lowest BCUT2D eigenvalue weighted by Gasteiger charge is -2.12. The molecule has 0 spiro atoms. The minimum atomic E-state index is -0.144. The Labute approximate surface area is 124 Å². The van der Waals surface area contributed by atoms with Gasteiger partial charge in [-0.2, -0.15) is 0 Å². The molecule has 5 heteroatoms. The molecule has 2 rings (SSSR count). The number of aromatic nitrogens is 2. The van der Waals surface area contributed by atoms with E-state index in [1.807, 2.05) is 38.2 Å². The van der Waals surface area contributed by atoms with Gasteiger partial charge in [0, 0.05) is 36.9 Å². The number of amides is 1. The number of anilines is 1. The molecule has 0 radical (unpaired) electrons. The Hall–Kier alpha value is -2.43. The highest BCUT2D eigenvalue weighted by molar-refractivity contribution is 5.93. The van der Waals surface area contributed by atoms with Gasteiger partial charge in [-0.3, -0.25) is 14.8 Å². The summed E-state index contributed by atoms with van der Waals surface area (Å²) in [7, 11) is 0. The topological polar surface area (TPSA) is 66.9 Å². The smallest absolute Gasteiger partial charge is 0.270 e. The highest BCUT2D eigenvalue weighted by Gasteiger charge is 2.10. The van der Waals surface area contributed by atoms with Gasteiger partial charge < -0.3 is 10.6 Å². The van der Waals surface area contributed by atoms with Crippen LogP contribution in [0.1, 0.15) is 36.3 Å². The number of carbonyl (C=O) groups is 1. The number of hydrogen-bond donors (Lipinski definition) is 2. The molecule has 1 amide bonds. The van der Waals surface area contributed by atoms with E-state index in [1.165, 1.54) is 0 Å². The van der Waals surface area contributed by atoms with Crippen molar-refractivity contribution in [1.82, 2.24) is 15.3 Å². The normalized spacial score (nSPS) is 11.7. The van der Waals surface area contributed by atoms with Crippen molar-refractivity contribution < 1.29 is 4.79 Å². The first-order chi connectivity index (χ1) is 10.2. The second kappa shape index (κ2) is 7.38. The van der Waals surface area contributed by atoms with Crippen molar-refractivity contribution in [1.29, 1.82) is 0 Å². The number of rotatable bonds is 6. The molecule has 2 aromatic rings. The maximum atomic E-state index is 12.0. The first kappa shape index (κ1) is 15.0. The molecule has 2 aromatic heterocycles. The summed E-state index contributed by atoms with van der Waals surface area (Å²) in [6.45, 7) is 4.66. The zero-order valence-corrected chi connectivity index (χ0v) is 12.3. The van der Waals surface area contributed by atoms with Gasteiger partial charge in [-0.15, -0.1) is 0 Å². The van der Waals surface area contributed by atoms with Crippen molar-refractivity contribution in [3.8, 4) is 0 Å². The lowest BCUT2D eigenvalue weighted by molar-refractivity contribution is 0.0934. The molecule has 2 heterocycles. The van der Waals surface area contributed by atoms with Gasteiger partial charge in [-0.05, 0) is 37.1 Å². The second-order valence-corrected chi connectivity index (χ2v) is 4.93. The first-order valence-electron chi connectivity index (χ1n) is 7.08. The van der Waals surface area contributed by atoms with Crippen LogP contribution in [0.2, 0.25) is 0 Å². The highest BCUT2D eigenvalue weighted by atomic mass is 16.1. The fraction of sp³-hybridized carbons (Fsp3) is 0.312. The quantitative estimate of drug-likeness (QED) is 0.855.